The standard InChI is InChI=1S/C10H11BrN2O2/c11-9-7-5-13(10(14)15)4-3-6(7)1-2-8(9)12/h1-2H,3-5,12H2,(H,14,15). The monoisotopic (exact) mass is 270 g/mol. The quantitative estimate of drug-likeness (QED) is 0.710. The highest BCUT2D eigenvalue weighted by Crippen LogP contribution is 2.31. The number of nitrogen functional groups attached to an aromatic ring is 1. The van der Waals surface area contributed by atoms with Gasteiger partial charge in [-0.3, -0.25) is 0 Å². The zero-order valence-electron chi connectivity index (χ0n) is 8.03. The molecule has 1 aromatic carbocycles. The van der Waals surface area contributed by atoms with Crippen molar-refractivity contribution in [1.29, 1.82) is 0 Å². The molecule has 4 nitrogen and oxygen atoms in total. The van der Waals surface area contributed by atoms with Crippen molar-refractivity contribution in [3.8, 4) is 0 Å². The van der Waals surface area contributed by atoms with Crippen molar-refractivity contribution in [2.24, 2.45) is 0 Å². The van der Waals surface area contributed by atoms with Crippen molar-refractivity contribution >= 4 is 27.7 Å². The lowest BCUT2D eigenvalue weighted by molar-refractivity contribution is 0.140. The van der Waals surface area contributed by atoms with E-state index < -0.39 is 6.09 Å². The summed E-state index contributed by atoms with van der Waals surface area (Å²) in [5, 5.41) is 8.90. The maximum atomic E-state index is 10.8. The number of hydrogen-bond acceptors (Lipinski definition) is 2. The van der Waals surface area contributed by atoms with E-state index in [0.717, 1.165) is 16.5 Å². The summed E-state index contributed by atoms with van der Waals surface area (Å²) < 4.78 is 0.825. The minimum atomic E-state index is -0.880. The average molecular weight is 271 g/mol. The average Bonchev–Trinajstić information content (AvgIpc) is 2.23. The van der Waals surface area contributed by atoms with Crippen LogP contribution >= 0.6 is 15.9 Å². The van der Waals surface area contributed by atoms with E-state index in [-0.39, 0.29) is 0 Å². The summed E-state index contributed by atoms with van der Waals surface area (Å²) in [6, 6.07) is 3.81. The Morgan fingerprint density at radius 3 is 2.93 bits per heavy atom. The van der Waals surface area contributed by atoms with Gasteiger partial charge in [-0.15, -0.1) is 0 Å². The summed E-state index contributed by atoms with van der Waals surface area (Å²) in [6.07, 6.45) is -0.129. The smallest absolute Gasteiger partial charge is 0.407 e. The van der Waals surface area contributed by atoms with Crippen LogP contribution in [0.3, 0.4) is 0 Å². The van der Waals surface area contributed by atoms with Gasteiger partial charge in [0.25, 0.3) is 0 Å². The number of carboxylic acid groups (broad SMARTS) is 1. The molecule has 5 heteroatoms. The fraction of sp³-hybridized carbons (Fsp3) is 0.300. The molecule has 1 heterocycles. The van der Waals surface area contributed by atoms with Crippen LogP contribution in [0.25, 0.3) is 0 Å². The van der Waals surface area contributed by atoms with Gasteiger partial charge < -0.3 is 15.7 Å². The van der Waals surface area contributed by atoms with Gasteiger partial charge in [0, 0.05) is 16.7 Å². The molecule has 0 unspecified atom stereocenters. The molecule has 1 amide bonds. The fourth-order valence-electron chi connectivity index (χ4n) is 1.77. The third-order valence-corrected chi connectivity index (χ3v) is 3.58. The van der Waals surface area contributed by atoms with Gasteiger partial charge in [-0.05, 0) is 39.5 Å². The minimum Gasteiger partial charge on any atom is -0.465 e. The van der Waals surface area contributed by atoms with E-state index in [1.807, 2.05) is 12.1 Å². The normalized spacial score (nSPS) is 14.9. The lowest BCUT2D eigenvalue weighted by Crippen LogP contribution is -2.35. The largest absolute Gasteiger partial charge is 0.465 e. The zero-order valence-corrected chi connectivity index (χ0v) is 9.62. The molecule has 0 aliphatic carbocycles. The number of nitrogens with two attached hydrogens (primary N) is 1. The summed E-state index contributed by atoms with van der Waals surface area (Å²) in [5.74, 6) is 0. The number of carbonyl (C=O) groups is 1. The van der Waals surface area contributed by atoms with Crippen molar-refractivity contribution in [3.63, 3.8) is 0 Å². The first-order chi connectivity index (χ1) is 7.09. The molecule has 1 aromatic rings. The van der Waals surface area contributed by atoms with Crippen molar-refractivity contribution in [1.82, 2.24) is 4.90 Å². The molecule has 0 fully saturated rings. The lowest BCUT2D eigenvalue weighted by Gasteiger charge is -2.27. The van der Waals surface area contributed by atoms with Gasteiger partial charge in [-0.1, -0.05) is 6.07 Å². The Labute approximate surface area is 95.8 Å². The van der Waals surface area contributed by atoms with Crippen LogP contribution in [0.2, 0.25) is 0 Å². The van der Waals surface area contributed by atoms with Crippen LogP contribution in [0.1, 0.15) is 11.1 Å². The Hall–Kier alpha value is -1.23. The van der Waals surface area contributed by atoms with Crippen LogP contribution < -0.4 is 5.73 Å². The van der Waals surface area contributed by atoms with E-state index in [9.17, 15) is 4.79 Å². The van der Waals surface area contributed by atoms with E-state index in [1.165, 1.54) is 10.5 Å². The molecule has 3 N–H and O–H groups in total. The second-order valence-corrected chi connectivity index (χ2v) is 4.35. The zero-order chi connectivity index (χ0) is 11.0. The predicted molar refractivity (Wildman–Crippen MR) is 60.7 cm³/mol. The number of amides is 1. The first-order valence-electron chi connectivity index (χ1n) is 4.63. The van der Waals surface area contributed by atoms with Crippen molar-refractivity contribution in [2.75, 3.05) is 12.3 Å². The lowest BCUT2D eigenvalue weighted by atomic mass is 9.99. The molecule has 0 aromatic heterocycles. The Morgan fingerprint density at radius 1 is 1.53 bits per heavy atom. The third kappa shape index (κ3) is 1.79. The number of benzene rings is 1. The van der Waals surface area contributed by atoms with Gasteiger partial charge in [-0.25, -0.2) is 4.79 Å². The first-order valence-corrected chi connectivity index (χ1v) is 5.42. The highest BCUT2D eigenvalue weighted by Gasteiger charge is 2.22. The summed E-state index contributed by atoms with van der Waals surface area (Å²) in [4.78, 5) is 12.2. The highest BCUT2D eigenvalue weighted by atomic mass is 79.9. The van der Waals surface area contributed by atoms with E-state index in [4.69, 9.17) is 10.8 Å². The summed E-state index contributed by atoms with van der Waals surface area (Å²) in [7, 11) is 0. The number of hydrogen-bond donors (Lipinski definition) is 2. The molecule has 80 valence electrons. The maximum absolute atomic E-state index is 10.8. The number of halogens is 1. The Kier molecular flexibility index (Phi) is 2.56. The predicted octanol–water partition coefficient (Wildman–Crippen LogP) is 2.07. The summed E-state index contributed by atoms with van der Waals surface area (Å²) in [5.41, 5.74) is 8.57. The Balaban J connectivity index is 2.39. The van der Waals surface area contributed by atoms with Gasteiger partial charge in [-0.2, -0.15) is 0 Å². The van der Waals surface area contributed by atoms with E-state index >= 15 is 0 Å². The molecular formula is C10H11BrN2O2. The molecule has 0 saturated heterocycles. The second-order valence-electron chi connectivity index (χ2n) is 3.56. The van der Waals surface area contributed by atoms with Gasteiger partial charge in [0.1, 0.15) is 0 Å². The van der Waals surface area contributed by atoms with E-state index in [2.05, 4.69) is 15.9 Å². The minimum absolute atomic E-state index is 0.413. The molecule has 0 atom stereocenters. The van der Waals surface area contributed by atoms with E-state index in [1.54, 1.807) is 0 Å². The van der Waals surface area contributed by atoms with Crippen LogP contribution in [0, 0.1) is 0 Å². The third-order valence-electron chi connectivity index (χ3n) is 2.64. The number of fused-ring (bicyclic) bond motifs is 1. The molecule has 1 aliphatic rings. The second kappa shape index (κ2) is 3.73. The number of anilines is 1. The molecule has 2 rings (SSSR count). The topological polar surface area (TPSA) is 66.6 Å². The van der Waals surface area contributed by atoms with Crippen molar-refractivity contribution < 1.29 is 9.90 Å². The van der Waals surface area contributed by atoms with Gasteiger partial charge >= 0.3 is 6.09 Å². The highest BCUT2D eigenvalue weighted by molar-refractivity contribution is 9.10. The molecular weight excluding hydrogens is 260 g/mol. The summed E-state index contributed by atoms with van der Waals surface area (Å²) in [6.45, 7) is 0.967. The van der Waals surface area contributed by atoms with Crippen LogP contribution in [0.4, 0.5) is 10.5 Å². The van der Waals surface area contributed by atoms with Crippen LogP contribution in [-0.4, -0.2) is 22.6 Å². The van der Waals surface area contributed by atoms with Crippen LogP contribution in [0.15, 0.2) is 16.6 Å². The summed E-state index contributed by atoms with van der Waals surface area (Å²) >= 11 is 3.40. The SMILES string of the molecule is Nc1ccc2c(c1Br)CN(C(=O)O)CC2. The molecule has 0 saturated carbocycles. The molecule has 0 spiro atoms. The Morgan fingerprint density at radius 2 is 2.27 bits per heavy atom. The fourth-order valence-corrected chi connectivity index (χ4v) is 2.29. The first kappa shape index (κ1) is 10.3. The molecule has 0 radical (unpaired) electrons. The van der Waals surface area contributed by atoms with Gasteiger partial charge in [0.05, 0.1) is 6.54 Å². The molecule has 1 aliphatic heterocycles. The van der Waals surface area contributed by atoms with Gasteiger partial charge in [0.2, 0.25) is 0 Å². The molecule has 0 bridgehead atoms. The maximum Gasteiger partial charge on any atom is 0.407 e. The number of nitrogens with zero attached hydrogens (tertiary/aromatic N) is 1. The Bertz CT molecular complexity index is 420. The van der Waals surface area contributed by atoms with E-state index in [0.29, 0.717) is 18.8 Å². The van der Waals surface area contributed by atoms with Crippen molar-refractivity contribution in [3.05, 3.63) is 27.7 Å². The van der Waals surface area contributed by atoms with Crippen LogP contribution in [0.5, 0.6) is 0 Å². The van der Waals surface area contributed by atoms with Gasteiger partial charge in [0.15, 0.2) is 0 Å². The number of rotatable bonds is 0. The van der Waals surface area contributed by atoms with Crippen molar-refractivity contribution in [2.45, 2.75) is 13.0 Å². The van der Waals surface area contributed by atoms with Crippen LogP contribution in [-0.2, 0) is 13.0 Å². The molecule has 15 heavy (non-hydrogen) atoms.